The quantitative estimate of drug-likeness (QED) is 0.0206. The number of hydrogen-bond acceptors (Lipinski definition) is 22. The standard InChI is InChI=1S/C35H23N7O15S4.CH4.4Na/c43-29-23-9-11-25(36-34-37-32(20-5-3-6-21(16-20)59(47,48)49)38-35(39-34)42-14-12-19(13-15-42)33(44)45)31(61(53,54)55)24(23)17-27(58-57-56-46)28(29)41-40-26-10-8-18-4-1-2-7-22(18)30(26)60(50,51)52;;;;;/h1-17H,(H6-,36,37,38,39,40,43,44,45,46,47,48,49,50,51,52,53,54,55);1H4;;;;/q;;4*+1/p-4. The summed E-state index contributed by atoms with van der Waals surface area (Å²) in [5.41, 5.74) is -1.83. The van der Waals surface area contributed by atoms with Crippen LogP contribution in [0.25, 0.3) is 38.9 Å². The number of anilines is 2. The summed E-state index contributed by atoms with van der Waals surface area (Å²) in [5.74, 6) is -3.46. The van der Waals surface area contributed by atoms with E-state index in [1.165, 1.54) is 53.4 Å². The van der Waals surface area contributed by atoms with E-state index < -0.39 is 90.1 Å². The van der Waals surface area contributed by atoms with Gasteiger partial charge in [-0.15, -0.1) is 10.2 Å². The number of rotatable bonds is 13. The fourth-order valence-electron chi connectivity index (χ4n) is 5.92. The van der Waals surface area contributed by atoms with Crippen molar-refractivity contribution in [3.8, 4) is 23.1 Å². The summed E-state index contributed by atoms with van der Waals surface area (Å²) in [5, 5.41) is 46.9. The molecule has 30 heteroatoms. The molecule has 7 aromatic rings. The molecule has 0 spiro atoms. The van der Waals surface area contributed by atoms with Crippen LogP contribution in [0.5, 0.6) is 5.75 Å². The average molecular weight is 1010 g/mol. The van der Waals surface area contributed by atoms with Crippen molar-refractivity contribution in [2.24, 2.45) is 10.2 Å². The summed E-state index contributed by atoms with van der Waals surface area (Å²) < 4.78 is 117. The van der Waals surface area contributed by atoms with Crippen LogP contribution < -0.4 is 138 Å². The third-order valence-corrected chi connectivity index (χ3v) is 11.8. The average Bonchev–Trinajstić information content (AvgIpc) is 3.21. The maximum atomic E-state index is 13.0. The van der Waals surface area contributed by atoms with Crippen LogP contribution in [0, 0.1) is 0 Å². The van der Waals surface area contributed by atoms with Gasteiger partial charge in [0.25, 0.3) is 0 Å². The Hall–Kier alpha value is -2.59. The molecular formula is C36H23N7Na4O15S4. The van der Waals surface area contributed by atoms with E-state index >= 15 is 0 Å². The maximum absolute atomic E-state index is 13.0. The van der Waals surface area contributed by atoms with E-state index in [-0.39, 0.29) is 171 Å². The third kappa shape index (κ3) is 13.4. The van der Waals surface area contributed by atoms with Crippen molar-refractivity contribution in [2.45, 2.75) is 27.0 Å². The summed E-state index contributed by atoms with van der Waals surface area (Å²) in [6.07, 6.45) is 2.42. The number of carboxylic acids is 1. The predicted octanol–water partition coefficient (Wildman–Crippen LogP) is -9.06. The Bertz CT molecular complexity index is 3320. The second kappa shape index (κ2) is 24.3. The van der Waals surface area contributed by atoms with E-state index in [4.69, 9.17) is 0 Å². The van der Waals surface area contributed by atoms with E-state index in [1.807, 2.05) is 0 Å². The molecule has 0 atom stereocenters. The minimum absolute atomic E-state index is 0. The van der Waals surface area contributed by atoms with Gasteiger partial charge < -0.3 is 39.2 Å². The van der Waals surface area contributed by atoms with E-state index in [9.17, 15) is 59.2 Å². The van der Waals surface area contributed by atoms with Crippen molar-refractivity contribution in [1.29, 1.82) is 0 Å². The molecule has 66 heavy (non-hydrogen) atoms. The fraction of sp³-hybridized carbons (Fsp3) is 0.0278. The van der Waals surface area contributed by atoms with E-state index in [2.05, 4.69) is 39.9 Å². The number of phenols is 1. The topological polar surface area (TPSA) is 353 Å². The number of benzene rings is 5. The molecule has 22 nitrogen and oxygen atoms in total. The van der Waals surface area contributed by atoms with Crippen molar-refractivity contribution in [3.63, 3.8) is 0 Å². The number of carbonyl (C=O) groups is 1. The maximum Gasteiger partial charge on any atom is 1.00 e. The first kappa shape index (κ1) is 59.5. The summed E-state index contributed by atoms with van der Waals surface area (Å²) in [6, 6.07) is 18.4. The number of nitrogens with one attached hydrogen (secondary N) is 1. The second-order valence-electron chi connectivity index (χ2n) is 12.2. The first-order valence-electron chi connectivity index (χ1n) is 16.5. The molecule has 2 aromatic heterocycles. The number of aromatic carboxylic acids is 1. The third-order valence-electron chi connectivity index (χ3n) is 8.50. The molecule has 320 valence electrons. The molecule has 0 unspecified atom stereocenters. The summed E-state index contributed by atoms with van der Waals surface area (Å²) in [6.45, 7) is 0. The van der Waals surface area contributed by atoms with Crippen LogP contribution in [0.2, 0.25) is 0 Å². The van der Waals surface area contributed by atoms with Crippen LogP contribution in [0.15, 0.2) is 133 Å². The van der Waals surface area contributed by atoms with Gasteiger partial charge in [0, 0.05) is 27.3 Å². The van der Waals surface area contributed by atoms with Gasteiger partial charge in [-0.2, -0.15) is 9.32 Å². The first-order chi connectivity index (χ1) is 28.8. The Labute approximate surface area is 467 Å². The molecule has 5 aromatic carbocycles. The van der Waals surface area contributed by atoms with Crippen molar-refractivity contribution in [1.82, 2.24) is 15.0 Å². The van der Waals surface area contributed by atoms with Crippen LogP contribution in [0.1, 0.15) is 17.8 Å². The number of azo groups is 1. The van der Waals surface area contributed by atoms with E-state index in [0.29, 0.717) is 5.39 Å². The smallest absolute Gasteiger partial charge is 0.744 e. The molecule has 0 saturated heterocycles. The monoisotopic (exact) mass is 1010 g/mol. The van der Waals surface area contributed by atoms with Crippen LogP contribution in [0.4, 0.5) is 23.0 Å². The zero-order chi connectivity index (χ0) is 43.9. The summed E-state index contributed by atoms with van der Waals surface area (Å²) in [4.78, 5) is 21.2. The van der Waals surface area contributed by atoms with Crippen LogP contribution >= 0.6 is 12.0 Å². The zero-order valence-electron chi connectivity index (χ0n) is 33.8. The summed E-state index contributed by atoms with van der Waals surface area (Å²) in [7, 11) is -15.7. The fourth-order valence-corrected chi connectivity index (χ4v) is 8.57. The second-order valence-corrected chi connectivity index (χ2v) is 17.0. The molecule has 0 amide bonds. The normalized spacial score (nSPS) is 11.4. The summed E-state index contributed by atoms with van der Waals surface area (Å²) >= 11 is 0.0702. The minimum Gasteiger partial charge on any atom is -0.744 e. The number of fused-ring (bicyclic) bond motifs is 2. The van der Waals surface area contributed by atoms with Gasteiger partial charge in [0.15, 0.2) is 5.75 Å². The molecule has 0 saturated carbocycles. The molecule has 7 rings (SSSR count). The molecule has 0 aliphatic carbocycles. The van der Waals surface area contributed by atoms with Crippen molar-refractivity contribution in [3.05, 3.63) is 109 Å². The van der Waals surface area contributed by atoms with Gasteiger partial charge in [-0.05, 0) is 70.0 Å². The number of phenolic OH excluding ortho intramolecular Hbond substituents is 1. The van der Waals surface area contributed by atoms with Crippen LogP contribution in [-0.4, -0.2) is 64.9 Å². The molecule has 0 aliphatic rings. The van der Waals surface area contributed by atoms with Crippen molar-refractivity contribution >= 4 is 92.9 Å². The van der Waals surface area contributed by atoms with Gasteiger partial charge in [-0.25, -0.2) is 29.8 Å². The zero-order valence-corrected chi connectivity index (χ0v) is 45.1. The Morgan fingerprint density at radius 1 is 0.727 bits per heavy atom. The first-order valence-corrected chi connectivity index (χ1v) is 21.4. The number of carboxylic acid groups (broad SMARTS) is 1. The SMILES string of the molecule is C.O=C([O-])c1cc[n+](-c2nc(Nc3ccc4c(O)c(N=Nc5ccc6ccccc6c5S(=O)(=O)[O-])c(SOO[O-])cc4c3S(=O)(=O)[O-])nc(-c3cccc(S(=O)(=O)[O-])c3)n2)cc1.[Na+].[Na+].[Na+].[Na+]. The molecule has 2 N–H and O–H groups in total. The Morgan fingerprint density at radius 2 is 1.39 bits per heavy atom. The largest absolute Gasteiger partial charge is 1.00 e. The Balaban J connectivity index is 0.00000299. The predicted molar refractivity (Wildman–Crippen MR) is 207 cm³/mol. The van der Waals surface area contributed by atoms with Crippen molar-refractivity contribution in [2.75, 3.05) is 5.32 Å². The number of aromatic nitrogens is 4. The van der Waals surface area contributed by atoms with Crippen LogP contribution in [0.3, 0.4) is 0 Å². The van der Waals surface area contributed by atoms with Gasteiger partial charge in [0.1, 0.15) is 41.7 Å². The minimum atomic E-state index is -5.57. The molecule has 0 aliphatic heterocycles. The van der Waals surface area contributed by atoms with Gasteiger partial charge >= 0.3 is 130 Å². The molecular weight excluding hydrogens is 991 g/mol. The van der Waals surface area contributed by atoms with E-state index in [0.717, 1.165) is 42.5 Å². The molecule has 0 radical (unpaired) electrons. The van der Waals surface area contributed by atoms with E-state index in [1.54, 1.807) is 12.1 Å². The number of pyridine rings is 1. The number of aromatic hydroxyl groups is 1. The number of carbonyl (C=O) groups excluding carboxylic acids is 1. The molecule has 0 fully saturated rings. The molecule has 0 bridgehead atoms. The van der Waals surface area contributed by atoms with Crippen molar-refractivity contribution < 1.29 is 191 Å². The Kier molecular flexibility index (Phi) is 21.9. The Morgan fingerprint density at radius 3 is 2.02 bits per heavy atom. The van der Waals surface area contributed by atoms with Gasteiger partial charge in [-0.3, -0.25) is 5.04 Å². The molecule has 2 heterocycles. The van der Waals surface area contributed by atoms with Gasteiger partial charge in [0.2, 0.25) is 5.82 Å². The number of hydrogen-bond donors (Lipinski definition) is 2. The number of nitrogens with zero attached hydrogens (tertiary/aromatic N) is 6. The van der Waals surface area contributed by atoms with Gasteiger partial charge in [0.05, 0.1) is 55.7 Å². The van der Waals surface area contributed by atoms with Gasteiger partial charge in [-0.1, -0.05) is 43.8 Å². The van der Waals surface area contributed by atoms with Crippen LogP contribution in [-0.2, 0) is 39.7 Å².